The number of hydrogen-bond donors (Lipinski definition) is 0. The lowest BCUT2D eigenvalue weighted by Crippen LogP contribution is -2.26. The van der Waals surface area contributed by atoms with Crippen LogP contribution in [0.4, 0.5) is 0 Å². The zero-order valence-electron chi connectivity index (χ0n) is 19.4. The molecule has 0 bridgehead atoms. The number of ether oxygens (including phenoxy) is 2. The molecule has 1 aliphatic rings. The van der Waals surface area contributed by atoms with Crippen LogP contribution in [0.1, 0.15) is 63.3 Å². The second-order valence-corrected chi connectivity index (χ2v) is 8.81. The Balaban J connectivity index is 1.75. The summed E-state index contributed by atoms with van der Waals surface area (Å²) in [5.74, 6) is 0.788. The smallest absolute Gasteiger partial charge is 0.347 e. The zero-order chi connectivity index (χ0) is 24.1. The van der Waals surface area contributed by atoms with E-state index >= 15 is 0 Å². The van der Waals surface area contributed by atoms with Crippen LogP contribution in [0.25, 0.3) is 10.9 Å². The number of nitrogens with zero attached hydrogens (tertiary/aromatic N) is 3. The van der Waals surface area contributed by atoms with E-state index in [4.69, 9.17) is 26.1 Å². The van der Waals surface area contributed by atoms with Crippen molar-refractivity contribution < 1.29 is 14.3 Å². The number of para-hydroxylation sites is 1. The van der Waals surface area contributed by atoms with Crippen LogP contribution >= 0.6 is 11.6 Å². The summed E-state index contributed by atoms with van der Waals surface area (Å²) in [4.78, 5) is 30.3. The van der Waals surface area contributed by atoms with Crippen molar-refractivity contribution in [2.75, 3.05) is 6.61 Å². The summed E-state index contributed by atoms with van der Waals surface area (Å²) in [6.07, 6.45) is 6.08. The van der Waals surface area contributed by atoms with E-state index in [1.165, 1.54) is 17.3 Å². The maximum atomic E-state index is 13.4. The lowest BCUT2D eigenvalue weighted by atomic mass is 9.88. The SMILES string of the molecule is CCOC(=O)[C@H](C)Oc1ccc(Cl)cc1C=Nn1c(C2CCCCC2)nc2ccccc2c1=O. The van der Waals surface area contributed by atoms with Crippen molar-refractivity contribution in [2.24, 2.45) is 5.10 Å². The van der Waals surface area contributed by atoms with E-state index in [0.717, 1.165) is 25.7 Å². The van der Waals surface area contributed by atoms with Crippen molar-refractivity contribution in [3.05, 3.63) is 69.2 Å². The van der Waals surface area contributed by atoms with Gasteiger partial charge in [0.05, 0.1) is 23.7 Å². The Morgan fingerprint density at radius 1 is 1.24 bits per heavy atom. The molecule has 1 fully saturated rings. The summed E-state index contributed by atoms with van der Waals surface area (Å²) in [5.41, 5.74) is 1.000. The average Bonchev–Trinajstić information content (AvgIpc) is 2.85. The van der Waals surface area contributed by atoms with E-state index in [1.54, 1.807) is 38.1 Å². The number of esters is 1. The standard InChI is InChI=1S/C26H28ClN3O4/c1-3-33-26(32)17(2)34-23-14-13-20(27)15-19(23)16-28-30-24(18-9-5-4-6-10-18)29-22-12-8-7-11-21(22)25(30)31/h7-8,11-18H,3-6,9-10H2,1-2H3/t17-/m0/s1. The molecule has 0 amide bonds. The van der Waals surface area contributed by atoms with E-state index in [2.05, 4.69) is 5.10 Å². The molecule has 0 N–H and O–H groups in total. The first-order valence-electron chi connectivity index (χ1n) is 11.7. The van der Waals surface area contributed by atoms with Crippen LogP contribution in [0, 0.1) is 0 Å². The maximum Gasteiger partial charge on any atom is 0.347 e. The third kappa shape index (κ3) is 5.30. The number of benzene rings is 2. The van der Waals surface area contributed by atoms with Gasteiger partial charge in [-0.05, 0) is 57.0 Å². The Hall–Kier alpha value is -3.19. The van der Waals surface area contributed by atoms with Crippen molar-refractivity contribution in [3.63, 3.8) is 0 Å². The number of aromatic nitrogens is 2. The van der Waals surface area contributed by atoms with Gasteiger partial charge in [0, 0.05) is 16.5 Å². The maximum absolute atomic E-state index is 13.4. The van der Waals surface area contributed by atoms with Crippen molar-refractivity contribution in [1.29, 1.82) is 0 Å². The Morgan fingerprint density at radius 2 is 2.00 bits per heavy atom. The molecule has 3 aromatic rings. The van der Waals surface area contributed by atoms with E-state index in [0.29, 0.717) is 33.1 Å². The van der Waals surface area contributed by atoms with Gasteiger partial charge in [-0.1, -0.05) is 43.0 Å². The second kappa shape index (κ2) is 10.8. The minimum atomic E-state index is -0.809. The van der Waals surface area contributed by atoms with Crippen LogP contribution in [0.15, 0.2) is 52.4 Å². The van der Waals surface area contributed by atoms with Crippen molar-refractivity contribution in [1.82, 2.24) is 9.66 Å². The summed E-state index contributed by atoms with van der Waals surface area (Å²) >= 11 is 6.22. The van der Waals surface area contributed by atoms with E-state index in [1.807, 2.05) is 18.2 Å². The molecular formula is C26H28ClN3O4. The van der Waals surface area contributed by atoms with Gasteiger partial charge in [-0.3, -0.25) is 4.79 Å². The molecule has 1 aliphatic carbocycles. The largest absolute Gasteiger partial charge is 0.478 e. The molecule has 0 unspecified atom stereocenters. The molecule has 2 aromatic carbocycles. The van der Waals surface area contributed by atoms with Crippen LogP contribution < -0.4 is 10.3 Å². The van der Waals surface area contributed by atoms with Gasteiger partial charge in [0.15, 0.2) is 6.10 Å². The van der Waals surface area contributed by atoms with Crippen LogP contribution in [0.3, 0.4) is 0 Å². The molecule has 8 heteroatoms. The minimum absolute atomic E-state index is 0.169. The zero-order valence-corrected chi connectivity index (χ0v) is 20.1. The first kappa shape index (κ1) is 24.0. The molecule has 7 nitrogen and oxygen atoms in total. The highest BCUT2D eigenvalue weighted by Crippen LogP contribution is 2.32. The van der Waals surface area contributed by atoms with E-state index in [9.17, 15) is 9.59 Å². The topological polar surface area (TPSA) is 82.8 Å². The summed E-state index contributed by atoms with van der Waals surface area (Å²) in [7, 11) is 0. The summed E-state index contributed by atoms with van der Waals surface area (Å²) < 4.78 is 12.3. The molecule has 1 heterocycles. The Morgan fingerprint density at radius 3 is 2.76 bits per heavy atom. The van der Waals surface area contributed by atoms with Gasteiger partial charge < -0.3 is 9.47 Å². The number of carbonyl (C=O) groups is 1. The molecular weight excluding hydrogens is 454 g/mol. The molecule has 0 saturated heterocycles. The Bertz CT molecular complexity index is 1260. The summed E-state index contributed by atoms with van der Waals surface area (Å²) in [6, 6.07) is 12.3. The van der Waals surface area contributed by atoms with Crippen LogP contribution in [-0.4, -0.2) is 34.6 Å². The molecule has 0 spiro atoms. The van der Waals surface area contributed by atoms with Crippen molar-refractivity contribution in [2.45, 2.75) is 58.0 Å². The van der Waals surface area contributed by atoms with Gasteiger partial charge in [-0.15, -0.1) is 0 Å². The van der Waals surface area contributed by atoms with E-state index in [-0.39, 0.29) is 18.1 Å². The first-order chi connectivity index (χ1) is 16.5. The minimum Gasteiger partial charge on any atom is -0.478 e. The Labute approximate surface area is 203 Å². The predicted molar refractivity (Wildman–Crippen MR) is 133 cm³/mol. The van der Waals surface area contributed by atoms with Gasteiger partial charge in [0.2, 0.25) is 0 Å². The number of fused-ring (bicyclic) bond motifs is 1. The molecule has 34 heavy (non-hydrogen) atoms. The van der Waals surface area contributed by atoms with Gasteiger partial charge in [0.1, 0.15) is 11.6 Å². The molecule has 1 aromatic heterocycles. The van der Waals surface area contributed by atoms with E-state index < -0.39 is 12.1 Å². The molecule has 0 aliphatic heterocycles. The number of carbonyl (C=O) groups excluding carboxylic acids is 1. The molecule has 178 valence electrons. The molecule has 0 radical (unpaired) electrons. The third-order valence-electron chi connectivity index (χ3n) is 5.96. The number of rotatable bonds is 7. The molecule has 1 saturated carbocycles. The highest BCUT2D eigenvalue weighted by atomic mass is 35.5. The highest BCUT2D eigenvalue weighted by Gasteiger charge is 2.22. The highest BCUT2D eigenvalue weighted by molar-refractivity contribution is 6.30. The number of halogens is 1. The normalized spacial score (nSPS) is 15.5. The van der Waals surface area contributed by atoms with Crippen LogP contribution in [0.2, 0.25) is 5.02 Å². The predicted octanol–water partition coefficient (Wildman–Crippen LogP) is 5.31. The summed E-state index contributed by atoms with van der Waals surface area (Å²) in [6.45, 7) is 3.62. The lowest BCUT2D eigenvalue weighted by molar-refractivity contribution is -0.150. The fourth-order valence-corrected chi connectivity index (χ4v) is 4.40. The third-order valence-corrected chi connectivity index (χ3v) is 6.19. The fraction of sp³-hybridized carbons (Fsp3) is 0.385. The van der Waals surface area contributed by atoms with Crippen LogP contribution in [-0.2, 0) is 9.53 Å². The van der Waals surface area contributed by atoms with Gasteiger partial charge in [-0.2, -0.15) is 9.78 Å². The molecule has 4 rings (SSSR count). The van der Waals surface area contributed by atoms with Gasteiger partial charge in [-0.25, -0.2) is 9.78 Å². The lowest BCUT2D eigenvalue weighted by Gasteiger charge is -2.22. The quantitative estimate of drug-likeness (QED) is 0.337. The first-order valence-corrected chi connectivity index (χ1v) is 12.0. The number of hydrogen-bond acceptors (Lipinski definition) is 6. The Kier molecular flexibility index (Phi) is 7.63. The van der Waals surface area contributed by atoms with Crippen molar-refractivity contribution >= 4 is 34.7 Å². The fourth-order valence-electron chi connectivity index (χ4n) is 4.22. The van der Waals surface area contributed by atoms with Crippen LogP contribution in [0.5, 0.6) is 5.75 Å². The van der Waals surface area contributed by atoms with Crippen molar-refractivity contribution in [3.8, 4) is 5.75 Å². The average molecular weight is 482 g/mol. The summed E-state index contributed by atoms with van der Waals surface area (Å²) in [5, 5.41) is 5.55. The van der Waals surface area contributed by atoms with Gasteiger partial charge in [0.25, 0.3) is 5.56 Å². The monoisotopic (exact) mass is 481 g/mol. The van der Waals surface area contributed by atoms with Gasteiger partial charge >= 0.3 is 5.97 Å². The molecule has 1 atom stereocenters. The second-order valence-electron chi connectivity index (χ2n) is 8.38.